The van der Waals surface area contributed by atoms with E-state index in [2.05, 4.69) is 17.1 Å². The zero-order valence-electron chi connectivity index (χ0n) is 12.6. The van der Waals surface area contributed by atoms with Gasteiger partial charge >= 0.3 is 5.97 Å². The molecular weight excluding hydrogens is 244 g/mol. The molecule has 0 aromatic rings. The van der Waals surface area contributed by atoms with Crippen LogP contribution in [0.5, 0.6) is 0 Å². The van der Waals surface area contributed by atoms with Crippen LogP contribution < -0.4 is 5.32 Å². The van der Waals surface area contributed by atoms with E-state index in [1.165, 1.54) is 12.8 Å². The monoisotopic (exact) mass is 272 g/mol. The van der Waals surface area contributed by atoms with Crippen LogP contribution in [-0.4, -0.2) is 61.4 Å². The molecule has 1 fully saturated rings. The first-order valence-corrected chi connectivity index (χ1v) is 7.09. The maximum absolute atomic E-state index is 11.2. The van der Waals surface area contributed by atoms with E-state index >= 15 is 0 Å². The van der Waals surface area contributed by atoms with Crippen LogP contribution in [0.2, 0.25) is 0 Å². The van der Waals surface area contributed by atoms with Gasteiger partial charge in [-0.25, -0.2) is 0 Å². The van der Waals surface area contributed by atoms with Gasteiger partial charge in [-0.2, -0.15) is 0 Å². The molecule has 0 aromatic heterocycles. The quantitative estimate of drug-likeness (QED) is 0.585. The average molecular weight is 272 g/mol. The van der Waals surface area contributed by atoms with Crippen molar-refractivity contribution in [1.29, 1.82) is 0 Å². The van der Waals surface area contributed by atoms with Crippen molar-refractivity contribution in [2.45, 2.75) is 44.7 Å². The highest BCUT2D eigenvalue weighted by Crippen LogP contribution is 2.28. The van der Waals surface area contributed by atoms with Gasteiger partial charge in [0.15, 0.2) is 0 Å². The molecule has 2 atom stereocenters. The van der Waals surface area contributed by atoms with Crippen LogP contribution in [0.15, 0.2) is 0 Å². The van der Waals surface area contributed by atoms with E-state index in [-0.39, 0.29) is 6.04 Å². The SMILES string of the molecule is CNC(C)(CC(C)N(C)CCOCC1CC1)C(=O)O. The summed E-state index contributed by atoms with van der Waals surface area (Å²) in [4.78, 5) is 13.4. The Morgan fingerprint density at radius 2 is 2.21 bits per heavy atom. The van der Waals surface area contributed by atoms with Gasteiger partial charge in [0.1, 0.15) is 5.54 Å². The first kappa shape index (κ1) is 16.4. The number of aliphatic carboxylic acids is 1. The topological polar surface area (TPSA) is 61.8 Å². The van der Waals surface area contributed by atoms with E-state index in [9.17, 15) is 9.90 Å². The van der Waals surface area contributed by atoms with E-state index in [1.54, 1.807) is 14.0 Å². The third-order valence-corrected chi connectivity index (χ3v) is 4.12. The molecule has 1 saturated carbocycles. The van der Waals surface area contributed by atoms with Crippen molar-refractivity contribution in [2.24, 2.45) is 5.92 Å². The first-order valence-electron chi connectivity index (χ1n) is 7.09. The molecule has 19 heavy (non-hydrogen) atoms. The van der Waals surface area contributed by atoms with Crippen LogP contribution in [-0.2, 0) is 9.53 Å². The molecule has 0 bridgehead atoms. The van der Waals surface area contributed by atoms with Gasteiger partial charge in [-0.15, -0.1) is 0 Å². The lowest BCUT2D eigenvalue weighted by Crippen LogP contribution is -2.51. The second-order valence-corrected chi connectivity index (χ2v) is 5.94. The Morgan fingerprint density at radius 1 is 1.58 bits per heavy atom. The molecule has 5 nitrogen and oxygen atoms in total. The third kappa shape index (κ3) is 5.47. The highest BCUT2D eigenvalue weighted by Gasteiger charge is 2.33. The van der Waals surface area contributed by atoms with Crippen LogP contribution in [0, 0.1) is 5.92 Å². The smallest absolute Gasteiger partial charge is 0.323 e. The second kappa shape index (κ2) is 7.22. The van der Waals surface area contributed by atoms with Crippen LogP contribution >= 0.6 is 0 Å². The fourth-order valence-corrected chi connectivity index (χ4v) is 2.01. The lowest BCUT2D eigenvalue weighted by Gasteiger charge is -2.32. The Hall–Kier alpha value is -0.650. The minimum atomic E-state index is -0.872. The fourth-order valence-electron chi connectivity index (χ4n) is 2.01. The van der Waals surface area contributed by atoms with Gasteiger partial charge in [0, 0.05) is 19.2 Å². The summed E-state index contributed by atoms with van der Waals surface area (Å²) in [6.07, 6.45) is 3.19. The number of carbonyl (C=O) groups is 1. The predicted molar refractivity (Wildman–Crippen MR) is 75.4 cm³/mol. The summed E-state index contributed by atoms with van der Waals surface area (Å²) < 4.78 is 5.61. The van der Waals surface area contributed by atoms with E-state index in [1.807, 2.05) is 7.05 Å². The molecule has 0 radical (unpaired) electrons. The molecule has 1 aliphatic rings. The molecule has 0 heterocycles. The fraction of sp³-hybridized carbons (Fsp3) is 0.929. The van der Waals surface area contributed by atoms with Gasteiger partial charge in [0.2, 0.25) is 0 Å². The van der Waals surface area contributed by atoms with Crippen molar-refractivity contribution < 1.29 is 14.6 Å². The van der Waals surface area contributed by atoms with Crippen molar-refractivity contribution >= 4 is 5.97 Å². The van der Waals surface area contributed by atoms with Crippen molar-refractivity contribution in [3.05, 3.63) is 0 Å². The van der Waals surface area contributed by atoms with Gasteiger partial charge in [0.05, 0.1) is 6.61 Å². The predicted octanol–water partition coefficient (Wildman–Crippen LogP) is 1.19. The van der Waals surface area contributed by atoms with Gasteiger partial charge in [-0.05, 0) is 53.1 Å². The molecule has 112 valence electrons. The number of nitrogens with one attached hydrogen (secondary N) is 1. The summed E-state index contributed by atoms with van der Waals surface area (Å²) in [6, 6.07) is 0.193. The maximum Gasteiger partial charge on any atom is 0.323 e. The van der Waals surface area contributed by atoms with Crippen molar-refractivity contribution in [1.82, 2.24) is 10.2 Å². The highest BCUT2D eigenvalue weighted by atomic mass is 16.5. The molecule has 0 amide bonds. The molecule has 2 N–H and O–H groups in total. The Morgan fingerprint density at radius 3 is 2.68 bits per heavy atom. The summed E-state index contributed by atoms with van der Waals surface area (Å²) >= 11 is 0. The van der Waals surface area contributed by atoms with E-state index in [0.29, 0.717) is 6.42 Å². The third-order valence-electron chi connectivity index (χ3n) is 4.12. The molecule has 0 spiro atoms. The Bertz CT molecular complexity index is 294. The zero-order chi connectivity index (χ0) is 14.5. The number of likely N-dealkylation sites (N-methyl/N-ethyl adjacent to an activating group) is 2. The van der Waals surface area contributed by atoms with Gasteiger partial charge in [-0.3, -0.25) is 4.79 Å². The van der Waals surface area contributed by atoms with Gasteiger partial charge in [-0.1, -0.05) is 0 Å². The van der Waals surface area contributed by atoms with Crippen LogP contribution in [0.3, 0.4) is 0 Å². The number of hydrogen-bond acceptors (Lipinski definition) is 4. The molecule has 2 unspecified atom stereocenters. The number of rotatable bonds is 10. The molecule has 0 aromatic carbocycles. The minimum Gasteiger partial charge on any atom is -0.480 e. The normalized spacial score (nSPS) is 20.3. The largest absolute Gasteiger partial charge is 0.480 e. The number of hydrogen-bond donors (Lipinski definition) is 2. The number of carboxylic acids is 1. The van der Waals surface area contributed by atoms with Crippen LogP contribution in [0.4, 0.5) is 0 Å². The average Bonchev–Trinajstić information content (AvgIpc) is 3.17. The van der Waals surface area contributed by atoms with E-state index < -0.39 is 11.5 Å². The highest BCUT2D eigenvalue weighted by molar-refractivity contribution is 5.78. The number of ether oxygens (including phenoxy) is 1. The van der Waals surface area contributed by atoms with E-state index in [4.69, 9.17) is 4.74 Å². The van der Waals surface area contributed by atoms with Gasteiger partial charge < -0.3 is 20.1 Å². The second-order valence-electron chi connectivity index (χ2n) is 5.94. The van der Waals surface area contributed by atoms with Crippen molar-refractivity contribution in [3.8, 4) is 0 Å². The molecular formula is C14H28N2O3. The lowest BCUT2D eigenvalue weighted by atomic mass is 9.93. The standard InChI is InChI=1S/C14H28N2O3/c1-11(9-14(2,15-3)13(17)18)16(4)7-8-19-10-12-5-6-12/h11-12,15H,5-10H2,1-4H3,(H,17,18). The molecule has 0 saturated heterocycles. The minimum absolute atomic E-state index is 0.193. The molecule has 5 heteroatoms. The molecule has 1 rings (SSSR count). The van der Waals surface area contributed by atoms with Crippen LogP contribution in [0.1, 0.15) is 33.1 Å². The summed E-state index contributed by atoms with van der Waals surface area (Å²) in [7, 11) is 3.71. The molecule has 0 aliphatic heterocycles. The summed E-state index contributed by atoms with van der Waals surface area (Å²) in [5.41, 5.74) is -0.872. The van der Waals surface area contributed by atoms with Crippen molar-refractivity contribution in [3.63, 3.8) is 0 Å². The number of nitrogens with zero attached hydrogens (tertiary/aromatic N) is 1. The summed E-state index contributed by atoms with van der Waals surface area (Å²) in [5.74, 6) is -0.0115. The Kier molecular flexibility index (Phi) is 6.23. The zero-order valence-corrected chi connectivity index (χ0v) is 12.6. The first-order chi connectivity index (χ1) is 8.89. The van der Waals surface area contributed by atoms with Crippen molar-refractivity contribution in [2.75, 3.05) is 33.9 Å². The molecule has 1 aliphatic carbocycles. The summed E-state index contributed by atoms with van der Waals surface area (Å²) in [6.45, 7) is 6.22. The lowest BCUT2D eigenvalue weighted by molar-refractivity contribution is -0.144. The number of carboxylic acid groups (broad SMARTS) is 1. The Labute approximate surface area is 116 Å². The summed E-state index contributed by atoms with van der Waals surface area (Å²) in [5, 5.41) is 12.1. The maximum atomic E-state index is 11.2. The van der Waals surface area contributed by atoms with Gasteiger partial charge in [0.25, 0.3) is 0 Å². The van der Waals surface area contributed by atoms with Crippen LogP contribution in [0.25, 0.3) is 0 Å². The van der Waals surface area contributed by atoms with E-state index in [0.717, 1.165) is 25.7 Å². The Balaban J connectivity index is 2.25.